The summed E-state index contributed by atoms with van der Waals surface area (Å²) < 4.78 is 11.7. The molecule has 6 nitrogen and oxygen atoms in total. The van der Waals surface area contributed by atoms with E-state index in [0.717, 1.165) is 56.7 Å². The van der Waals surface area contributed by atoms with Gasteiger partial charge < -0.3 is 20.1 Å². The molecule has 0 unspecified atom stereocenters. The summed E-state index contributed by atoms with van der Waals surface area (Å²) in [6, 6.07) is 14.0. The lowest BCUT2D eigenvalue weighted by Crippen LogP contribution is -2.11. The number of anilines is 2. The summed E-state index contributed by atoms with van der Waals surface area (Å²) in [6.45, 7) is 7.27. The number of unbranched alkanes of at least 4 members (excludes halogenated alkanes) is 12. The van der Waals surface area contributed by atoms with Crippen molar-refractivity contribution in [3.05, 3.63) is 69.0 Å². The molecule has 6 heteroatoms. The van der Waals surface area contributed by atoms with Crippen molar-refractivity contribution in [3.8, 4) is 11.5 Å². The molecule has 0 aliphatic heterocycles. The quantitative estimate of drug-likeness (QED) is 0.124. The standard InChI is InChI=1S/C35H54N2O4/c1-3-5-7-9-11-16-28-40-30-18-22-32(34(38)24-20-30)36-26-14-13-15-27-37-33-23-19-31(21-25-35(33)39)41-29-17-12-10-8-6-4-2/h18-25H,3-17,26-29H2,1-2H3,(H,36,38)(H,37,39). The second-order valence-electron chi connectivity index (χ2n) is 10.8. The summed E-state index contributed by atoms with van der Waals surface area (Å²) in [4.78, 5) is 24.8. The van der Waals surface area contributed by atoms with Gasteiger partial charge in [-0.1, -0.05) is 78.1 Å². The summed E-state index contributed by atoms with van der Waals surface area (Å²) in [5.41, 5.74) is 1.13. The molecule has 0 aliphatic rings. The van der Waals surface area contributed by atoms with Gasteiger partial charge in [0.2, 0.25) is 10.9 Å². The van der Waals surface area contributed by atoms with Crippen molar-refractivity contribution in [2.75, 3.05) is 36.9 Å². The average molecular weight is 567 g/mol. The SMILES string of the molecule is CCCCCCCCOc1ccc(NCCCCCNc2ccc(OCCCCCCCC)ccc2=O)c(=O)cc1. The Labute approximate surface area is 248 Å². The van der Waals surface area contributed by atoms with E-state index in [1.54, 1.807) is 24.3 Å². The van der Waals surface area contributed by atoms with Gasteiger partial charge >= 0.3 is 0 Å². The summed E-state index contributed by atoms with van der Waals surface area (Å²) in [5.74, 6) is 1.47. The second-order valence-corrected chi connectivity index (χ2v) is 10.8. The number of nitrogens with one attached hydrogen (secondary N) is 2. The monoisotopic (exact) mass is 566 g/mol. The van der Waals surface area contributed by atoms with Crippen LogP contribution in [-0.2, 0) is 0 Å². The zero-order valence-electron chi connectivity index (χ0n) is 25.7. The van der Waals surface area contributed by atoms with Crippen LogP contribution in [0.3, 0.4) is 0 Å². The first-order valence-electron chi connectivity index (χ1n) is 16.2. The Kier molecular flexibility index (Phi) is 18.9. The van der Waals surface area contributed by atoms with E-state index in [-0.39, 0.29) is 10.9 Å². The Bertz CT molecular complexity index is 991. The molecule has 41 heavy (non-hydrogen) atoms. The second kappa shape index (κ2) is 22.6. The first kappa shape index (κ1) is 34.2. The van der Waals surface area contributed by atoms with Gasteiger partial charge in [0, 0.05) is 13.1 Å². The molecule has 0 fully saturated rings. The molecule has 0 atom stereocenters. The van der Waals surface area contributed by atoms with Gasteiger partial charge in [0.05, 0.1) is 24.6 Å². The zero-order chi connectivity index (χ0) is 29.4. The van der Waals surface area contributed by atoms with Crippen LogP contribution >= 0.6 is 0 Å². The van der Waals surface area contributed by atoms with Gasteiger partial charge in [0.1, 0.15) is 11.5 Å². The number of rotatable bonds is 24. The summed E-state index contributed by atoms with van der Waals surface area (Å²) in [7, 11) is 0. The van der Waals surface area contributed by atoms with E-state index in [9.17, 15) is 9.59 Å². The lowest BCUT2D eigenvalue weighted by atomic mass is 10.1. The Balaban J connectivity index is 1.62. The molecule has 0 saturated heterocycles. The molecule has 0 amide bonds. The van der Waals surface area contributed by atoms with Gasteiger partial charge in [-0.05, 0) is 80.6 Å². The molecule has 0 aromatic heterocycles. The largest absolute Gasteiger partial charge is 0.494 e. The maximum Gasteiger partial charge on any atom is 0.201 e. The van der Waals surface area contributed by atoms with Crippen LogP contribution in [0.5, 0.6) is 11.5 Å². The fourth-order valence-corrected chi connectivity index (χ4v) is 4.60. The lowest BCUT2D eigenvalue weighted by Gasteiger charge is -2.06. The Morgan fingerprint density at radius 2 is 0.829 bits per heavy atom. The van der Waals surface area contributed by atoms with E-state index in [2.05, 4.69) is 24.5 Å². The van der Waals surface area contributed by atoms with Crippen molar-refractivity contribution in [1.29, 1.82) is 0 Å². The third-order valence-corrected chi connectivity index (χ3v) is 7.18. The van der Waals surface area contributed by atoms with Crippen LogP contribution < -0.4 is 31.0 Å². The molecule has 2 N–H and O–H groups in total. The predicted molar refractivity (Wildman–Crippen MR) is 174 cm³/mol. The van der Waals surface area contributed by atoms with Crippen LogP contribution in [-0.4, -0.2) is 26.3 Å². The highest BCUT2D eigenvalue weighted by atomic mass is 16.5. The Morgan fingerprint density at radius 3 is 1.27 bits per heavy atom. The van der Waals surface area contributed by atoms with Crippen LogP contribution in [0.1, 0.15) is 110 Å². The van der Waals surface area contributed by atoms with E-state index in [1.165, 1.54) is 64.2 Å². The van der Waals surface area contributed by atoms with Gasteiger partial charge in [0.15, 0.2) is 0 Å². The average Bonchev–Trinajstić information content (AvgIpc) is 3.26. The first-order valence-corrected chi connectivity index (χ1v) is 16.2. The lowest BCUT2D eigenvalue weighted by molar-refractivity contribution is 0.304. The smallest absolute Gasteiger partial charge is 0.201 e. The Morgan fingerprint density at radius 1 is 0.463 bits per heavy atom. The minimum absolute atomic E-state index is 0.0312. The fraction of sp³-hybridized carbons (Fsp3) is 0.600. The van der Waals surface area contributed by atoms with Crippen molar-refractivity contribution in [3.63, 3.8) is 0 Å². The number of ether oxygens (including phenoxy) is 2. The van der Waals surface area contributed by atoms with Crippen LogP contribution in [0.25, 0.3) is 0 Å². The molecule has 2 aromatic carbocycles. The normalized spacial score (nSPS) is 10.8. The van der Waals surface area contributed by atoms with E-state index in [4.69, 9.17) is 9.47 Å². The van der Waals surface area contributed by atoms with Crippen LogP contribution in [0, 0.1) is 0 Å². The molecular weight excluding hydrogens is 512 g/mol. The fourth-order valence-electron chi connectivity index (χ4n) is 4.60. The maximum atomic E-state index is 12.4. The third kappa shape index (κ3) is 16.1. The van der Waals surface area contributed by atoms with Gasteiger partial charge in [-0.3, -0.25) is 9.59 Å². The highest BCUT2D eigenvalue weighted by Crippen LogP contribution is 2.13. The molecule has 0 bridgehead atoms. The van der Waals surface area contributed by atoms with Gasteiger partial charge in [-0.15, -0.1) is 0 Å². The molecule has 228 valence electrons. The minimum atomic E-state index is -0.0312. The molecule has 0 saturated carbocycles. The topological polar surface area (TPSA) is 76.7 Å². The van der Waals surface area contributed by atoms with Crippen LogP contribution in [0.4, 0.5) is 11.4 Å². The van der Waals surface area contributed by atoms with E-state index < -0.39 is 0 Å². The molecule has 0 aliphatic carbocycles. The summed E-state index contributed by atoms with van der Waals surface area (Å²) in [5, 5.41) is 6.53. The molecule has 0 spiro atoms. The van der Waals surface area contributed by atoms with Gasteiger partial charge in [-0.2, -0.15) is 0 Å². The maximum absolute atomic E-state index is 12.4. The molecule has 2 aromatic rings. The van der Waals surface area contributed by atoms with Gasteiger partial charge in [-0.25, -0.2) is 0 Å². The Hall–Kier alpha value is -3.02. The summed E-state index contributed by atoms with van der Waals surface area (Å²) in [6.07, 6.45) is 17.6. The van der Waals surface area contributed by atoms with Crippen LogP contribution in [0.15, 0.2) is 58.1 Å². The minimum Gasteiger partial charge on any atom is -0.494 e. The van der Waals surface area contributed by atoms with Crippen molar-refractivity contribution in [2.24, 2.45) is 0 Å². The van der Waals surface area contributed by atoms with Gasteiger partial charge in [0.25, 0.3) is 0 Å². The zero-order valence-corrected chi connectivity index (χ0v) is 25.7. The third-order valence-electron chi connectivity index (χ3n) is 7.18. The van der Waals surface area contributed by atoms with Crippen molar-refractivity contribution in [1.82, 2.24) is 0 Å². The van der Waals surface area contributed by atoms with Crippen molar-refractivity contribution in [2.45, 2.75) is 110 Å². The molecular formula is C35H54N2O4. The number of hydrogen-bond acceptors (Lipinski definition) is 6. The van der Waals surface area contributed by atoms with E-state index in [1.807, 2.05) is 24.3 Å². The van der Waals surface area contributed by atoms with Crippen molar-refractivity contribution >= 4 is 11.4 Å². The molecule has 0 radical (unpaired) electrons. The number of hydrogen-bond donors (Lipinski definition) is 2. The molecule has 2 rings (SSSR count). The highest BCUT2D eigenvalue weighted by Gasteiger charge is 2.01. The first-order chi connectivity index (χ1) is 20.1. The predicted octanol–water partition coefficient (Wildman–Crippen LogP) is 8.58. The van der Waals surface area contributed by atoms with E-state index in [0.29, 0.717) is 24.6 Å². The highest BCUT2D eigenvalue weighted by molar-refractivity contribution is 5.45. The summed E-state index contributed by atoms with van der Waals surface area (Å²) >= 11 is 0. The van der Waals surface area contributed by atoms with Crippen molar-refractivity contribution < 1.29 is 9.47 Å². The van der Waals surface area contributed by atoms with Crippen LogP contribution in [0.2, 0.25) is 0 Å². The van der Waals surface area contributed by atoms with E-state index >= 15 is 0 Å². The molecule has 0 heterocycles.